The highest BCUT2D eigenvalue weighted by molar-refractivity contribution is 5.82. The SMILES string of the molecule is CCCCCc1cc(O)c(CC[C@H](C)CCCC(C)C)c(OCCOc2cc(CCCCC)cc3c2-c2cc(C)ccc2C(C)(C)O3)c1. The van der Waals surface area contributed by atoms with Crippen LogP contribution in [-0.4, -0.2) is 18.3 Å². The van der Waals surface area contributed by atoms with E-state index in [0.717, 1.165) is 78.4 Å². The summed E-state index contributed by atoms with van der Waals surface area (Å²) in [7, 11) is 0. The molecule has 1 heterocycles. The van der Waals surface area contributed by atoms with Gasteiger partial charge < -0.3 is 19.3 Å². The largest absolute Gasteiger partial charge is 0.508 e. The molecule has 0 fully saturated rings. The minimum atomic E-state index is -0.426. The fourth-order valence-electron chi connectivity index (χ4n) is 7.05. The normalized spacial score (nSPS) is 13.9. The number of unbranched alkanes of at least 4 members (excludes halogenated alkanes) is 4. The van der Waals surface area contributed by atoms with Crippen molar-refractivity contribution in [1.29, 1.82) is 0 Å². The van der Waals surface area contributed by atoms with Gasteiger partial charge in [0, 0.05) is 11.1 Å². The van der Waals surface area contributed by atoms with Crippen LogP contribution >= 0.6 is 0 Å². The standard InChI is InChI=1S/C44H64O4/c1-9-11-13-18-34-27-39(45)36(22-20-32(5)17-15-16-31(3)4)40(28-34)46-24-25-47-41-29-35(19-14-12-10-2)30-42-43(41)37-26-33(6)21-23-38(37)44(7,8)48-42/h21,23,26-32,45H,9-20,22,24-25H2,1-8H3/t32-/m1/s1. The average Bonchev–Trinajstić information content (AvgIpc) is 3.02. The smallest absolute Gasteiger partial charge is 0.132 e. The van der Waals surface area contributed by atoms with Crippen molar-refractivity contribution in [3.8, 4) is 34.1 Å². The number of phenols is 1. The first kappa shape index (κ1) is 37.7. The molecule has 0 saturated heterocycles. The van der Waals surface area contributed by atoms with E-state index in [-0.39, 0.29) is 0 Å². The van der Waals surface area contributed by atoms with E-state index in [0.29, 0.717) is 24.9 Å². The van der Waals surface area contributed by atoms with Crippen molar-refractivity contribution in [2.75, 3.05) is 13.2 Å². The summed E-state index contributed by atoms with van der Waals surface area (Å²) in [5.74, 6) is 4.29. The molecule has 3 aromatic carbocycles. The summed E-state index contributed by atoms with van der Waals surface area (Å²) < 4.78 is 19.8. The molecule has 0 radical (unpaired) electrons. The summed E-state index contributed by atoms with van der Waals surface area (Å²) in [6, 6.07) is 15.2. The first-order chi connectivity index (χ1) is 23.0. The molecule has 0 bridgehead atoms. The summed E-state index contributed by atoms with van der Waals surface area (Å²) in [5.41, 5.74) is 7.52. The fourth-order valence-corrected chi connectivity index (χ4v) is 7.05. The van der Waals surface area contributed by atoms with Gasteiger partial charge in [0.15, 0.2) is 0 Å². The second kappa shape index (κ2) is 18.0. The number of hydrogen-bond acceptors (Lipinski definition) is 4. The van der Waals surface area contributed by atoms with E-state index >= 15 is 0 Å². The number of benzene rings is 3. The Morgan fingerprint density at radius 1 is 0.729 bits per heavy atom. The molecule has 1 aliphatic rings. The lowest BCUT2D eigenvalue weighted by atomic mass is 9.84. The third kappa shape index (κ3) is 10.4. The van der Waals surface area contributed by atoms with E-state index in [9.17, 15) is 5.11 Å². The van der Waals surface area contributed by atoms with Gasteiger partial charge in [-0.1, -0.05) is 103 Å². The highest BCUT2D eigenvalue weighted by atomic mass is 16.5. The van der Waals surface area contributed by atoms with Crippen LogP contribution in [0.4, 0.5) is 0 Å². The Labute approximate surface area is 292 Å². The predicted octanol–water partition coefficient (Wildman–Crippen LogP) is 12.3. The summed E-state index contributed by atoms with van der Waals surface area (Å²) >= 11 is 0. The first-order valence-corrected chi connectivity index (χ1v) is 19.1. The monoisotopic (exact) mass is 656 g/mol. The molecule has 264 valence electrons. The van der Waals surface area contributed by atoms with Crippen LogP contribution in [0, 0.1) is 18.8 Å². The van der Waals surface area contributed by atoms with Gasteiger partial charge in [0.05, 0.1) is 5.56 Å². The van der Waals surface area contributed by atoms with E-state index in [2.05, 4.69) is 91.8 Å². The number of ether oxygens (including phenoxy) is 3. The lowest BCUT2D eigenvalue weighted by Gasteiger charge is -2.36. The number of hydrogen-bond donors (Lipinski definition) is 1. The zero-order valence-electron chi connectivity index (χ0n) is 31.5. The Bertz CT molecular complexity index is 1450. The van der Waals surface area contributed by atoms with Crippen LogP contribution in [0.3, 0.4) is 0 Å². The summed E-state index contributed by atoms with van der Waals surface area (Å²) in [6.45, 7) is 18.7. The molecule has 0 aromatic heterocycles. The van der Waals surface area contributed by atoms with Crippen molar-refractivity contribution in [2.24, 2.45) is 11.8 Å². The van der Waals surface area contributed by atoms with Crippen molar-refractivity contribution in [3.63, 3.8) is 0 Å². The van der Waals surface area contributed by atoms with E-state index in [1.807, 2.05) is 6.07 Å². The molecule has 0 saturated carbocycles. The second-order valence-electron chi connectivity index (χ2n) is 15.3. The molecule has 4 heteroatoms. The predicted molar refractivity (Wildman–Crippen MR) is 202 cm³/mol. The van der Waals surface area contributed by atoms with Gasteiger partial charge in [0.2, 0.25) is 0 Å². The topological polar surface area (TPSA) is 47.9 Å². The van der Waals surface area contributed by atoms with Crippen LogP contribution < -0.4 is 14.2 Å². The quantitative estimate of drug-likeness (QED) is 0.123. The minimum Gasteiger partial charge on any atom is -0.508 e. The Morgan fingerprint density at radius 3 is 2.04 bits per heavy atom. The highest BCUT2D eigenvalue weighted by Crippen LogP contribution is 2.50. The van der Waals surface area contributed by atoms with Crippen LogP contribution in [-0.2, 0) is 24.9 Å². The van der Waals surface area contributed by atoms with Gasteiger partial charge in [-0.2, -0.15) is 0 Å². The molecule has 48 heavy (non-hydrogen) atoms. The molecular formula is C44H64O4. The Kier molecular flexibility index (Phi) is 14.1. The summed E-state index contributed by atoms with van der Waals surface area (Å²) in [5, 5.41) is 11.2. The second-order valence-corrected chi connectivity index (χ2v) is 15.3. The number of phenolic OH excluding ortho intramolecular Hbond substituents is 1. The van der Waals surface area contributed by atoms with E-state index in [4.69, 9.17) is 14.2 Å². The molecule has 0 spiro atoms. The lowest BCUT2D eigenvalue weighted by molar-refractivity contribution is 0.105. The molecule has 1 aliphatic heterocycles. The van der Waals surface area contributed by atoms with Gasteiger partial charge in [0.1, 0.15) is 41.8 Å². The molecule has 0 unspecified atom stereocenters. The molecule has 3 aromatic rings. The van der Waals surface area contributed by atoms with Crippen LogP contribution in [0.1, 0.15) is 140 Å². The first-order valence-electron chi connectivity index (χ1n) is 19.1. The fraction of sp³-hybridized carbons (Fsp3) is 0.591. The highest BCUT2D eigenvalue weighted by Gasteiger charge is 2.34. The summed E-state index contributed by atoms with van der Waals surface area (Å²) in [4.78, 5) is 0. The third-order valence-corrected chi connectivity index (χ3v) is 9.93. The third-order valence-electron chi connectivity index (χ3n) is 9.93. The van der Waals surface area contributed by atoms with Gasteiger partial charge in [-0.05, 0) is 112 Å². The van der Waals surface area contributed by atoms with E-state index < -0.39 is 5.60 Å². The molecule has 0 aliphatic carbocycles. The van der Waals surface area contributed by atoms with E-state index in [1.54, 1.807) is 0 Å². The van der Waals surface area contributed by atoms with Crippen molar-refractivity contribution in [2.45, 2.75) is 144 Å². The van der Waals surface area contributed by atoms with Gasteiger partial charge >= 0.3 is 0 Å². The lowest BCUT2D eigenvalue weighted by Crippen LogP contribution is -2.29. The molecule has 1 atom stereocenters. The molecular weight excluding hydrogens is 592 g/mol. The average molecular weight is 657 g/mol. The number of aromatic hydroxyl groups is 1. The Hall–Kier alpha value is -3.14. The maximum atomic E-state index is 11.2. The molecule has 4 rings (SSSR count). The number of fused-ring (bicyclic) bond motifs is 3. The number of rotatable bonds is 20. The summed E-state index contributed by atoms with van der Waals surface area (Å²) in [6.07, 6.45) is 14.6. The molecule has 4 nitrogen and oxygen atoms in total. The van der Waals surface area contributed by atoms with Gasteiger partial charge in [0.25, 0.3) is 0 Å². The Morgan fingerprint density at radius 2 is 1.38 bits per heavy atom. The minimum absolute atomic E-state index is 0.370. The maximum absolute atomic E-state index is 11.2. The van der Waals surface area contributed by atoms with Crippen LogP contribution in [0.15, 0.2) is 42.5 Å². The maximum Gasteiger partial charge on any atom is 0.132 e. The zero-order chi connectivity index (χ0) is 34.7. The van der Waals surface area contributed by atoms with E-state index in [1.165, 1.54) is 67.2 Å². The van der Waals surface area contributed by atoms with Crippen molar-refractivity contribution < 1.29 is 19.3 Å². The Balaban J connectivity index is 1.54. The van der Waals surface area contributed by atoms with Crippen LogP contribution in [0.5, 0.6) is 23.0 Å². The van der Waals surface area contributed by atoms with Crippen LogP contribution in [0.2, 0.25) is 0 Å². The van der Waals surface area contributed by atoms with Gasteiger partial charge in [-0.25, -0.2) is 0 Å². The van der Waals surface area contributed by atoms with Crippen molar-refractivity contribution >= 4 is 0 Å². The van der Waals surface area contributed by atoms with Crippen molar-refractivity contribution in [3.05, 3.63) is 70.3 Å². The van der Waals surface area contributed by atoms with Gasteiger partial charge in [-0.3, -0.25) is 0 Å². The van der Waals surface area contributed by atoms with Crippen LogP contribution in [0.25, 0.3) is 11.1 Å². The molecule has 0 amide bonds. The molecule has 1 N–H and O–H groups in total. The van der Waals surface area contributed by atoms with Crippen molar-refractivity contribution in [1.82, 2.24) is 0 Å². The van der Waals surface area contributed by atoms with Gasteiger partial charge in [-0.15, -0.1) is 0 Å². The number of aryl methyl sites for hydroxylation is 3. The zero-order valence-corrected chi connectivity index (χ0v) is 31.5.